The van der Waals surface area contributed by atoms with Crippen LogP contribution in [-0.4, -0.2) is 9.55 Å². The zero-order chi connectivity index (χ0) is 13.3. The lowest BCUT2D eigenvalue weighted by atomic mass is 10.0. The number of imidazole rings is 1. The predicted molar refractivity (Wildman–Crippen MR) is 71.5 cm³/mol. The van der Waals surface area contributed by atoms with E-state index in [1.54, 1.807) is 29.2 Å². The van der Waals surface area contributed by atoms with Crippen molar-refractivity contribution in [2.45, 2.75) is 6.04 Å². The van der Waals surface area contributed by atoms with Gasteiger partial charge < -0.3 is 4.57 Å². The van der Waals surface area contributed by atoms with Gasteiger partial charge in [-0.25, -0.2) is 14.8 Å². The van der Waals surface area contributed by atoms with E-state index in [1.807, 2.05) is 7.05 Å². The molecule has 0 radical (unpaired) electrons. The molecule has 18 heavy (non-hydrogen) atoms. The van der Waals surface area contributed by atoms with Gasteiger partial charge in [-0.05, 0) is 22.0 Å². The first-order valence-corrected chi connectivity index (χ1v) is 6.29. The van der Waals surface area contributed by atoms with Gasteiger partial charge >= 0.3 is 0 Å². The number of nitrogens with zero attached hydrogens (tertiary/aromatic N) is 2. The maximum Gasteiger partial charge on any atom is 0.148 e. The second-order valence-electron chi connectivity index (χ2n) is 3.79. The molecule has 0 bridgehead atoms. The van der Waals surface area contributed by atoms with Crippen LogP contribution in [0.3, 0.4) is 0 Å². The molecule has 4 nitrogen and oxygen atoms in total. The Kier molecular flexibility index (Phi) is 4.01. The van der Waals surface area contributed by atoms with Gasteiger partial charge in [0.15, 0.2) is 0 Å². The molecule has 0 saturated carbocycles. The number of aromatic nitrogens is 2. The van der Waals surface area contributed by atoms with Crippen LogP contribution in [0.4, 0.5) is 4.39 Å². The topological polar surface area (TPSA) is 55.9 Å². The Labute approximate surface area is 117 Å². The third kappa shape index (κ3) is 2.29. The summed E-state index contributed by atoms with van der Waals surface area (Å²) >= 11 is 9.05. The zero-order valence-electron chi connectivity index (χ0n) is 9.49. The van der Waals surface area contributed by atoms with E-state index in [1.165, 1.54) is 0 Å². The van der Waals surface area contributed by atoms with Crippen LogP contribution >= 0.6 is 27.5 Å². The van der Waals surface area contributed by atoms with Crippen molar-refractivity contribution in [3.63, 3.8) is 0 Å². The summed E-state index contributed by atoms with van der Waals surface area (Å²) in [5.41, 5.74) is 3.69. The van der Waals surface area contributed by atoms with Crippen LogP contribution in [-0.2, 0) is 7.05 Å². The van der Waals surface area contributed by atoms with Crippen LogP contribution in [0.25, 0.3) is 0 Å². The fraction of sp³-hybridized carbons (Fsp3) is 0.182. The highest BCUT2D eigenvalue weighted by Crippen LogP contribution is 2.32. The third-order valence-electron chi connectivity index (χ3n) is 2.69. The highest BCUT2D eigenvalue weighted by Gasteiger charge is 2.21. The molecule has 0 aliphatic carbocycles. The molecule has 0 saturated heterocycles. The van der Waals surface area contributed by atoms with Crippen LogP contribution in [0.2, 0.25) is 5.02 Å². The van der Waals surface area contributed by atoms with Crippen molar-refractivity contribution in [3.05, 3.63) is 51.2 Å². The van der Waals surface area contributed by atoms with Gasteiger partial charge in [0.1, 0.15) is 5.82 Å². The Morgan fingerprint density at radius 1 is 1.56 bits per heavy atom. The van der Waals surface area contributed by atoms with Crippen LogP contribution in [0.5, 0.6) is 0 Å². The minimum atomic E-state index is -0.511. The van der Waals surface area contributed by atoms with Gasteiger partial charge in [0.05, 0.1) is 29.3 Å². The lowest BCUT2D eigenvalue weighted by Crippen LogP contribution is -2.30. The first kappa shape index (κ1) is 13.5. The molecule has 2 rings (SSSR count). The van der Waals surface area contributed by atoms with Crippen molar-refractivity contribution >= 4 is 27.5 Å². The van der Waals surface area contributed by atoms with Gasteiger partial charge in [-0.2, -0.15) is 0 Å². The molecule has 96 valence electrons. The lowest BCUT2D eigenvalue weighted by Gasteiger charge is -2.18. The third-order valence-corrected chi connectivity index (χ3v) is 3.95. The van der Waals surface area contributed by atoms with Crippen molar-refractivity contribution in [2.75, 3.05) is 0 Å². The summed E-state index contributed by atoms with van der Waals surface area (Å²) in [6, 6.07) is 2.80. The number of nitrogens with one attached hydrogen (secondary N) is 1. The highest BCUT2D eigenvalue weighted by molar-refractivity contribution is 9.10. The number of hydrazine groups is 1. The second kappa shape index (κ2) is 5.36. The summed E-state index contributed by atoms with van der Waals surface area (Å²) in [7, 11) is 1.81. The van der Waals surface area contributed by atoms with Crippen molar-refractivity contribution in [3.8, 4) is 0 Å². The van der Waals surface area contributed by atoms with E-state index in [-0.39, 0.29) is 5.02 Å². The summed E-state index contributed by atoms with van der Waals surface area (Å²) in [6.07, 6.45) is 3.25. The van der Waals surface area contributed by atoms with Crippen LogP contribution < -0.4 is 11.3 Å². The summed E-state index contributed by atoms with van der Waals surface area (Å²) < 4.78 is 16.4. The largest absolute Gasteiger partial charge is 0.336 e. The van der Waals surface area contributed by atoms with E-state index < -0.39 is 11.9 Å². The molecule has 1 heterocycles. The fourth-order valence-corrected chi connectivity index (χ4v) is 2.22. The van der Waals surface area contributed by atoms with Gasteiger partial charge in [-0.15, -0.1) is 0 Å². The standard InChI is InChI=1S/C11H11BrClFN4/c1-18-5-16-4-8(18)11(17-15)6-2-3-7(12)9(13)10(6)14/h2-5,11,17H,15H2,1H3. The average molecular weight is 334 g/mol. The summed E-state index contributed by atoms with van der Waals surface area (Å²) in [6.45, 7) is 0. The second-order valence-corrected chi connectivity index (χ2v) is 5.03. The normalized spacial score (nSPS) is 12.7. The van der Waals surface area contributed by atoms with Gasteiger partial charge in [0.25, 0.3) is 0 Å². The van der Waals surface area contributed by atoms with Crippen molar-refractivity contribution in [1.29, 1.82) is 0 Å². The van der Waals surface area contributed by atoms with E-state index >= 15 is 0 Å². The number of halogens is 3. The number of aryl methyl sites for hydroxylation is 1. The van der Waals surface area contributed by atoms with Crippen molar-refractivity contribution in [1.82, 2.24) is 15.0 Å². The molecule has 2 aromatic rings. The van der Waals surface area contributed by atoms with Crippen molar-refractivity contribution < 1.29 is 4.39 Å². The Balaban J connectivity index is 2.53. The molecular formula is C11H11BrClFN4. The van der Waals surface area contributed by atoms with E-state index in [0.717, 1.165) is 5.69 Å². The molecule has 0 aliphatic rings. The van der Waals surface area contributed by atoms with E-state index in [9.17, 15) is 4.39 Å². The summed E-state index contributed by atoms with van der Waals surface area (Å²) in [5.74, 6) is 5.00. The molecule has 1 aromatic heterocycles. The number of rotatable bonds is 3. The molecular weight excluding hydrogens is 323 g/mol. The Morgan fingerprint density at radius 2 is 2.28 bits per heavy atom. The molecule has 0 spiro atoms. The van der Waals surface area contributed by atoms with Crippen LogP contribution in [0.15, 0.2) is 29.1 Å². The van der Waals surface area contributed by atoms with Crippen molar-refractivity contribution in [2.24, 2.45) is 12.9 Å². The maximum absolute atomic E-state index is 14.1. The van der Waals surface area contributed by atoms with E-state index in [0.29, 0.717) is 10.0 Å². The van der Waals surface area contributed by atoms with Gasteiger partial charge in [-0.3, -0.25) is 5.84 Å². The van der Waals surface area contributed by atoms with Crippen LogP contribution in [0.1, 0.15) is 17.3 Å². The molecule has 1 unspecified atom stereocenters. The number of hydrogen-bond donors (Lipinski definition) is 2. The summed E-state index contributed by atoms with van der Waals surface area (Å²) in [4.78, 5) is 3.99. The maximum atomic E-state index is 14.1. The van der Waals surface area contributed by atoms with Gasteiger partial charge in [-0.1, -0.05) is 17.7 Å². The average Bonchev–Trinajstić information content (AvgIpc) is 2.77. The SMILES string of the molecule is Cn1cncc1C(NN)c1ccc(Br)c(Cl)c1F. The van der Waals surface area contributed by atoms with Gasteiger partial charge in [0, 0.05) is 17.1 Å². The predicted octanol–water partition coefficient (Wildman–Crippen LogP) is 2.53. The number of benzene rings is 1. The lowest BCUT2D eigenvalue weighted by molar-refractivity contribution is 0.542. The first-order chi connectivity index (χ1) is 8.56. The minimum Gasteiger partial charge on any atom is -0.336 e. The molecule has 0 fully saturated rings. The summed E-state index contributed by atoms with van der Waals surface area (Å²) in [5, 5.41) is 0.0370. The number of hydrogen-bond acceptors (Lipinski definition) is 3. The Hall–Kier alpha value is -0.950. The van der Waals surface area contributed by atoms with Gasteiger partial charge in [0.2, 0.25) is 0 Å². The minimum absolute atomic E-state index is 0.0370. The first-order valence-electron chi connectivity index (χ1n) is 5.12. The monoisotopic (exact) mass is 332 g/mol. The molecule has 1 aromatic carbocycles. The molecule has 0 aliphatic heterocycles. The highest BCUT2D eigenvalue weighted by atomic mass is 79.9. The Morgan fingerprint density at radius 3 is 2.83 bits per heavy atom. The fourth-order valence-electron chi connectivity index (χ4n) is 1.74. The molecule has 7 heteroatoms. The zero-order valence-corrected chi connectivity index (χ0v) is 11.8. The van der Waals surface area contributed by atoms with Crippen LogP contribution in [0, 0.1) is 5.82 Å². The van der Waals surface area contributed by atoms with E-state index in [2.05, 4.69) is 26.3 Å². The quantitative estimate of drug-likeness (QED) is 0.515. The number of nitrogens with two attached hydrogens (primary N) is 1. The molecule has 3 N–H and O–H groups in total. The molecule has 0 amide bonds. The molecule has 1 atom stereocenters. The Bertz CT molecular complexity index is 572. The van der Waals surface area contributed by atoms with E-state index in [4.69, 9.17) is 17.4 Å². The smallest absolute Gasteiger partial charge is 0.148 e.